The predicted molar refractivity (Wildman–Crippen MR) is 38.3 cm³/mol. The van der Waals surface area contributed by atoms with Crippen LogP contribution < -0.4 is 11.1 Å². The molecule has 0 aromatic heterocycles. The van der Waals surface area contributed by atoms with Crippen LogP contribution in [0.5, 0.6) is 0 Å². The fourth-order valence-electron chi connectivity index (χ4n) is 0.409. The number of hydrogen-bond acceptors (Lipinski definition) is 3. The zero-order chi connectivity index (χ0) is 8.15. The summed E-state index contributed by atoms with van der Waals surface area (Å²) in [5.74, 6) is -0.235. The van der Waals surface area contributed by atoms with E-state index in [1.165, 1.54) is 0 Å². The van der Waals surface area contributed by atoms with E-state index in [-0.39, 0.29) is 12.5 Å². The average Bonchev–Trinajstić information content (AvgIpc) is 1.82. The van der Waals surface area contributed by atoms with E-state index in [0.29, 0.717) is 0 Å². The molecule has 4 nitrogen and oxygen atoms in total. The van der Waals surface area contributed by atoms with Crippen LogP contribution in [0.1, 0.15) is 13.8 Å². The van der Waals surface area contributed by atoms with E-state index < -0.39 is 12.1 Å². The minimum atomic E-state index is -0.511. The van der Waals surface area contributed by atoms with E-state index in [9.17, 15) is 4.79 Å². The van der Waals surface area contributed by atoms with Gasteiger partial charge in [0.25, 0.3) is 0 Å². The molecule has 0 spiro atoms. The lowest BCUT2D eigenvalue weighted by Crippen LogP contribution is -2.41. The Labute approximate surface area is 60.4 Å². The number of nitrogens with one attached hydrogen (secondary N) is 1. The molecule has 0 heterocycles. The Hall–Kier alpha value is -0.610. The second-order valence-electron chi connectivity index (χ2n) is 2.38. The van der Waals surface area contributed by atoms with Gasteiger partial charge in [0.1, 0.15) is 0 Å². The highest BCUT2D eigenvalue weighted by Crippen LogP contribution is 1.78. The Morgan fingerprint density at radius 2 is 2.20 bits per heavy atom. The minimum Gasteiger partial charge on any atom is -0.392 e. The molecule has 0 saturated heterocycles. The van der Waals surface area contributed by atoms with Crippen LogP contribution in [0.2, 0.25) is 0 Å². The zero-order valence-corrected chi connectivity index (χ0v) is 6.29. The van der Waals surface area contributed by atoms with Gasteiger partial charge < -0.3 is 16.2 Å². The zero-order valence-electron chi connectivity index (χ0n) is 6.29. The lowest BCUT2D eigenvalue weighted by atomic mass is 10.3. The topological polar surface area (TPSA) is 75.4 Å². The molecular weight excluding hydrogens is 132 g/mol. The molecule has 0 radical (unpaired) electrons. The second-order valence-corrected chi connectivity index (χ2v) is 2.38. The van der Waals surface area contributed by atoms with Gasteiger partial charge in [0.2, 0.25) is 5.91 Å². The van der Waals surface area contributed by atoms with E-state index in [2.05, 4.69) is 5.32 Å². The van der Waals surface area contributed by atoms with Gasteiger partial charge in [-0.2, -0.15) is 0 Å². The summed E-state index contributed by atoms with van der Waals surface area (Å²) >= 11 is 0. The van der Waals surface area contributed by atoms with E-state index in [4.69, 9.17) is 10.8 Å². The molecule has 0 aromatic rings. The number of hydrogen-bond donors (Lipinski definition) is 3. The molecule has 4 heteroatoms. The second kappa shape index (κ2) is 4.24. The minimum absolute atomic E-state index is 0.235. The van der Waals surface area contributed by atoms with Gasteiger partial charge in [0.05, 0.1) is 12.1 Å². The van der Waals surface area contributed by atoms with Gasteiger partial charge in [-0.25, -0.2) is 0 Å². The molecule has 0 fully saturated rings. The van der Waals surface area contributed by atoms with Crippen molar-refractivity contribution < 1.29 is 9.90 Å². The number of aliphatic hydroxyl groups excluding tert-OH is 1. The number of carbonyl (C=O) groups is 1. The Morgan fingerprint density at radius 3 is 2.50 bits per heavy atom. The maximum Gasteiger partial charge on any atom is 0.236 e. The van der Waals surface area contributed by atoms with Gasteiger partial charge in [-0.1, -0.05) is 0 Å². The van der Waals surface area contributed by atoms with Gasteiger partial charge in [-0.3, -0.25) is 4.79 Å². The molecule has 1 unspecified atom stereocenters. The molecule has 0 bridgehead atoms. The van der Waals surface area contributed by atoms with Crippen LogP contribution in [0.15, 0.2) is 0 Å². The van der Waals surface area contributed by atoms with Gasteiger partial charge in [0, 0.05) is 6.54 Å². The van der Waals surface area contributed by atoms with Crippen LogP contribution in [-0.4, -0.2) is 29.7 Å². The highest BCUT2D eigenvalue weighted by atomic mass is 16.3. The van der Waals surface area contributed by atoms with Gasteiger partial charge in [-0.05, 0) is 13.8 Å². The molecule has 0 saturated carbocycles. The maximum atomic E-state index is 10.7. The molecular formula is C6H14N2O2. The molecule has 4 N–H and O–H groups in total. The third-order valence-electron chi connectivity index (χ3n) is 0.985. The molecule has 0 rings (SSSR count). The molecule has 0 aliphatic carbocycles. The first-order valence-corrected chi connectivity index (χ1v) is 3.25. The fraction of sp³-hybridized carbons (Fsp3) is 0.833. The summed E-state index contributed by atoms with van der Waals surface area (Å²) in [6.07, 6.45) is -0.511. The molecule has 0 aromatic carbocycles. The normalized spacial score (nSPS) is 16.0. The highest BCUT2D eigenvalue weighted by Gasteiger charge is 2.06. The van der Waals surface area contributed by atoms with Crippen LogP contribution in [0.25, 0.3) is 0 Å². The number of aliphatic hydroxyl groups is 1. The van der Waals surface area contributed by atoms with Crippen molar-refractivity contribution in [3.63, 3.8) is 0 Å². The highest BCUT2D eigenvalue weighted by molar-refractivity contribution is 5.80. The molecule has 0 aliphatic heterocycles. The van der Waals surface area contributed by atoms with Crippen molar-refractivity contribution in [2.24, 2.45) is 5.73 Å². The van der Waals surface area contributed by atoms with Crippen molar-refractivity contribution in [3.8, 4) is 0 Å². The van der Waals surface area contributed by atoms with E-state index >= 15 is 0 Å². The third kappa shape index (κ3) is 4.29. The predicted octanol–water partition coefficient (Wildman–Crippen LogP) is -1.17. The van der Waals surface area contributed by atoms with Gasteiger partial charge in [0.15, 0.2) is 0 Å². The summed E-state index contributed by atoms with van der Waals surface area (Å²) in [4.78, 5) is 10.7. The third-order valence-corrected chi connectivity index (χ3v) is 0.985. The van der Waals surface area contributed by atoms with Crippen LogP contribution in [0, 0.1) is 0 Å². The average molecular weight is 146 g/mol. The lowest BCUT2D eigenvalue weighted by Gasteiger charge is -2.08. The van der Waals surface area contributed by atoms with Crippen LogP contribution in [-0.2, 0) is 4.79 Å². The first-order valence-electron chi connectivity index (χ1n) is 3.25. The summed E-state index contributed by atoms with van der Waals surface area (Å²) in [6, 6.07) is -0.501. The Balaban J connectivity index is 3.40. The monoisotopic (exact) mass is 146 g/mol. The fourth-order valence-corrected chi connectivity index (χ4v) is 0.409. The molecule has 0 aliphatic rings. The maximum absolute atomic E-state index is 10.7. The first-order chi connectivity index (χ1) is 4.54. The summed E-state index contributed by atoms with van der Waals surface area (Å²) in [6.45, 7) is 3.46. The van der Waals surface area contributed by atoms with Crippen molar-refractivity contribution >= 4 is 5.91 Å². The lowest BCUT2D eigenvalue weighted by molar-refractivity contribution is -0.122. The van der Waals surface area contributed by atoms with Crippen molar-refractivity contribution in [2.45, 2.75) is 26.0 Å². The van der Waals surface area contributed by atoms with Crippen molar-refractivity contribution in [2.75, 3.05) is 6.54 Å². The Bertz CT molecular complexity index is 112. The number of carbonyl (C=O) groups excluding carboxylic acids is 1. The van der Waals surface area contributed by atoms with Crippen LogP contribution >= 0.6 is 0 Å². The molecule has 10 heavy (non-hydrogen) atoms. The summed E-state index contributed by atoms with van der Waals surface area (Å²) in [5.41, 5.74) is 5.23. The van der Waals surface area contributed by atoms with Gasteiger partial charge >= 0.3 is 0 Å². The van der Waals surface area contributed by atoms with E-state index in [1.807, 2.05) is 0 Å². The molecule has 1 amide bonds. The van der Waals surface area contributed by atoms with Crippen LogP contribution in [0.4, 0.5) is 0 Å². The van der Waals surface area contributed by atoms with Crippen molar-refractivity contribution in [1.29, 1.82) is 0 Å². The first kappa shape index (κ1) is 9.39. The van der Waals surface area contributed by atoms with E-state index in [0.717, 1.165) is 0 Å². The summed E-state index contributed by atoms with van der Waals surface area (Å²) in [7, 11) is 0. The van der Waals surface area contributed by atoms with Crippen LogP contribution in [0.3, 0.4) is 0 Å². The molecule has 60 valence electrons. The summed E-state index contributed by atoms with van der Waals surface area (Å²) < 4.78 is 0. The molecule has 2 atom stereocenters. The number of rotatable bonds is 3. The summed E-state index contributed by atoms with van der Waals surface area (Å²) in [5, 5.41) is 11.2. The van der Waals surface area contributed by atoms with E-state index in [1.54, 1.807) is 13.8 Å². The quantitative estimate of drug-likeness (QED) is 0.469. The number of amides is 1. The standard InChI is InChI=1S/C6H14N2O2/c1-4(9)3-8-6(10)5(2)7/h4-5,9H,3,7H2,1-2H3,(H,8,10)/t4-,5?/m0/s1. The Kier molecular flexibility index (Phi) is 3.99. The smallest absolute Gasteiger partial charge is 0.236 e. The van der Waals surface area contributed by atoms with Crippen molar-refractivity contribution in [3.05, 3.63) is 0 Å². The largest absolute Gasteiger partial charge is 0.392 e. The number of nitrogens with two attached hydrogens (primary N) is 1. The van der Waals surface area contributed by atoms with Crippen molar-refractivity contribution in [1.82, 2.24) is 5.32 Å². The SMILES string of the molecule is CC(N)C(=O)NC[C@H](C)O. The van der Waals surface area contributed by atoms with Gasteiger partial charge in [-0.15, -0.1) is 0 Å². The Morgan fingerprint density at radius 1 is 1.70 bits per heavy atom.